The van der Waals surface area contributed by atoms with Crippen molar-refractivity contribution in [2.45, 2.75) is 51.6 Å². The van der Waals surface area contributed by atoms with Crippen LogP contribution in [0.4, 0.5) is 0 Å². The summed E-state index contributed by atoms with van der Waals surface area (Å²) < 4.78 is 0. The molecule has 4 N–H and O–H groups in total. The van der Waals surface area contributed by atoms with Crippen molar-refractivity contribution in [3.8, 4) is 0 Å². The van der Waals surface area contributed by atoms with Crippen LogP contribution < -0.4 is 10.6 Å². The Morgan fingerprint density at radius 2 is 1.21 bits per heavy atom. The van der Waals surface area contributed by atoms with E-state index in [1.165, 1.54) is 0 Å². The molecule has 33 heavy (non-hydrogen) atoms. The van der Waals surface area contributed by atoms with Gasteiger partial charge < -0.3 is 20.6 Å². The predicted molar refractivity (Wildman–Crippen MR) is 126 cm³/mol. The van der Waals surface area contributed by atoms with Gasteiger partial charge in [0, 0.05) is 12.8 Å². The van der Waals surface area contributed by atoms with E-state index < -0.39 is 0 Å². The van der Waals surface area contributed by atoms with Gasteiger partial charge in [0.05, 0.1) is 35.2 Å². The van der Waals surface area contributed by atoms with Gasteiger partial charge in [0.25, 0.3) is 0 Å². The van der Waals surface area contributed by atoms with E-state index >= 15 is 0 Å². The van der Waals surface area contributed by atoms with Crippen molar-refractivity contribution in [2.75, 3.05) is 0 Å². The minimum Gasteiger partial charge on any atom is -0.349 e. The molecule has 0 aliphatic heterocycles. The third kappa shape index (κ3) is 4.89. The van der Waals surface area contributed by atoms with Crippen LogP contribution in [-0.2, 0) is 22.7 Å². The highest BCUT2D eigenvalue weighted by Gasteiger charge is 2.37. The number of para-hydroxylation sites is 4. The predicted octanol–water partition coefficient (Wildman–Crippen LogP) is 3.71. The van der Waals surface area contributed by atoms with E-state index in [1.54, 1.807) is 0 Å². The average Bonchev–Trinajstić information content (AvgIpc) is 3.54. The minimum atomic E-state index is -0.282. The summed E-state index contributed by atoms with van der Waals surface area (Å²) in [5.74, 6) is 1.38. The molecular formula is C25H28N6O2. The van der Waals surface area contributed by atoms with Crippen LogP contribution in [-0.4, -0.2) is 31.8 Å². The van der Waals surface area contributed by atoms with E-state index in [9.17, 15) is 9.59 Å². The second-order valence-electron chi connectivity index (χ2n) is 9.02. The van der Waals surface area contributed by atoms with Gasteiger partial charge in [0.2, 0.25) is 11.8 Å². The number of hydrogen-bond donors (Lipinski definition) is 4. The Balaban J connectivity index is 1.15. The van der Waals surface area contributed by atoms with E-state index in [0.717, 1.165) is 59.4 Å². The van der Waals surface area contributed by atoms with Crippen molar-refractivity contribution in [1.82, 2.24) is 30.6 Å². The zero-order chi connectivity index (χ0) is 22.7. The van der Waals surface area contributed by atoms with Crippen molar-refractivity contribution >= 4 is 33.9 Å². The third-order valence-corrected chi connectivity index (χ3v) is 6.52. The van der Waals surface area contributed by atoms with Gasteiger partial charge in [-0.25, -0.2) is 9.97 Å². The van der Waals surface area contributed by atoms with Crippen LogP contribution in [0.15, 0.2) is 48.5 Å². The molecule has 2 aromatic heterocycles. The largest absolute Gasteiger partial charge is 0.349 e. The third-order valence-electron chi connectivity index (χ3n) is 6.52. The topological polar surface area (TPSA) is 116 Å². The SMILES string of the molecule is O=C(CC1(CC(=O)NCc2nc3ccccc3[nH]2)CCCC1)NCc1nc2ccccc2[nH]1. The number of hydrogen-bond acceptors (Lipinski definition) is 4. The van der Waals surface area contributed by atoms with Gasteiger partial charge in [-0.1, -0.05) is 37.1 Å². The molecule has 170 valence electrons. The number of aromatic nitrogens is 4. The van der Waals surface area contributed by atoms with Crippen LogP contribution in [0.25, 0.3) is 22.1 Å². The summed E-state index contributed by atoms with van der Waals surface area (Å²) in [6.45, 7) is 0.698. The van der Waals surface area contributed by atoms with Crippen molar-refractivity contribution < 1.29 is 9.59 Å². The van der Waals surface area contributed by atoms with Crippen LogP contribution >= 0.6 is 0 Å². The summed E-state index contributed by atoms with van der Waals surface area (Å²) in [6.07, 6.45) is 4.59. The summed E-state index contributed by atoms with van der Waals surface area (Å²) in [5.41, 5.74) is 3.39. The maximum Gasteiger partial charge on any atom is 0.220 e. The second-order valence-corrected chi connectivity index (χ2v) is 9.02. The highest BCUT2D eigenvalue weighted by Crippen LogP contribution is 2.44. The fraction of sp³-hybridized carbons (Fsp3) is 0.360. The van der Waals surface area contributed by atoms with Crippen LogP contribution in [0, 0.1) is 5.41 Å². The molecule has 0 atom stereocenters. The van der Waals surface area contributed by atoms with E-state index in [-0.39, 0.29) is 17.2 Å². The molecule has 0 unspecified atom stereocenters. The molecule has 8 heteroatoms. The summed E-state index contributed by atoms with van der Waals surface area (Å²) in [4.78, 5) is 41.0. The molecule has 0 saturated heterocycles. The smallest absolute Gasteiger partial charge is 0.220 e. The lowest BCUT2D eigenvalue weighted by Crippen LogP contribution is -2.35. The minimum absolute atomic E-state index is 0.0394. The van der Waals surface area contributed by atoms with E-state index in [4.69, 9.17) is 0 Å². The summed E-state index contributed by atoms with van der Waals surface area (Å²) in [6, 6.07) is 15.6. The fourth-order valence-electron chi connectivity index (χ4n) is 4.89. The first-order valence-corrected chi connectivity index (χ1v) is 11.5. The van der Waals surface area contributed by atoms with Crippen molar-refractivity contribution in [2.24, 2.45) is 5.41 Å². The second kappa shape index (κ2) is 9.05. The summed E-state index contributed by atoms with van der Waals surface area (Å²) in [7, 11) is 0. The lowest BCUT2D eigenvalue weighted by Gasteiger charge is -2.27. The Morgan fingerprint density at radius 1 is 0.758 bits per heavy atom. The number of nitrogens with one attached hydrogen (secondary N) is 4. The zero-order valence-corrected chi connectivity index (χ0v) is 18.5. The monoisotopic (exact) mass is 444 g/mol. The van der Waals surface area contributed by atoms with Gasteiger partial charge in [0.1, 0.15) is 11.6 Å². The fourth-order valence-corrected chi connectivity index (χ4v) is 4.89. The molecule has 1 fully saturated rings. The van der Waals surface area contributed by atoms with Crippen LogP contribution in [0.3, 0.4) is 0 Å². The van der Waals surface area contributed by atoms with E-state index in [1.807, 2.05) is 48.5 Å². The van der Waals surface area contributed by atoms with Gasteiger partial charge in [-0.3, -0.25) is 9.59 Å². The molecule has 1 aliphatic rings. The van der Waals surface area contributed by atoms with Crippen molar-refractivity contribution in [3.05, 3.63) is 60.2 Å². The average molecular weight is 445 g/mol. The van der Waals surface area contributed by atoms with Gasteiger partial charge in [-0.05, 0) is 42.5 Å². The maximum atomic E-state index is 12.8. The lowest BCUT2D eigenvalue weighted by molar-refractivity contribution is -0.127. The van der Waals surface area contributed by atoms with Crippen molar-refractivity contribution in [1.29, 1.82) is 0 Å². The molecule has 4 aromatic rings. The number of amides is 2. The normalized spacial score (nSPS) is 15.2. The van der Waals surface area contributed by atoms with Crippen LogP contribution in [0.1, 0.15) is 50.2 Å². The first kappa shape index (κ1) is 21.2. The van der Waals surface area contributed by atoms with Crippen LogP contribution in [0.2, 0.25) is 0 Å². The number of carbonyl (C=O) groups excluding carboxylic acids is 2. The molecule has 1 aliphatic carbocycles. The maximum absolute atomic E-state index is 12.8. The molecule has 2 heterocycles. The van der Waals surface area contributed by atoms with Gasteiger partial charge in [0.15, 0.2) is 0 Å². The Hall–Kier alpha value is -3.68. The standard InChI is InChI=1S/C25H28N6O2/c32-23(26-15-21-28-17-7-1-2-8-18(17)29-21)13-25(11-5-6-12-25)14-24(33)27-16-22-30-19-9-3-4-10-20(19)31-22/h1-4,7-10H,5-6,11-16H2,(H,26,32)(H,27,33)(H,28,29)(H,30,31). The zero-order valence-electron chi connectivity index (χ0n) is 18.5. The molecule has 0 bridgehead atoms. The van der Waals surface area contributed by atoms with Gasteiger partial charge in [-0.15, -0.1) is 0 Å². The number of fused-ring (bicyclic) bond motifs is 2. The first-order chi connectivity index (χ1) is 16.1. The molecule has 1 saturated carbocycles. The first-order valence-electron chi connectivity index (χ1n) is 11.5. The quantitative estimate of drug-likeness (QED) is 0.331. The number of carbonyl (C=O) groups is 2. The molecule has 8 nitrogen and oxygen atoms in total. The summed E-state index contributed by atoms with van der Waals surface area (Å²) >= 11 is 0. The number of benzene rings is 2. The van der Waals surface area contributed by atoms with E-state index in [0.29, 0.717) is 25.9 Å². The Kier molecular flexibility index (Phi) is 5.81. The Labute approximate surface area is 191 Å². The molecular weight excluding hydrogens is 416 g/mol. The number of imidazole rings is 2. The molecule has 0 radical (unpaired) electrons. The molecule has 0 spiro atoms. The number of aromatic amines is 2. The van der Waals surface area contributed by atoms with Crippen molar-refractivity contribution in [3.63, 3.8) is 0 Å². The Morgan fingerprint density at radius 3 is 1.67 bits per heavy atom. The highest BCUT2D eigenvalue weighted by molar-refractivity contribution is 5.81. The highest BCUT2D eigenvalue weighted by atomic mass is 16.2. The number of nitrogens with zero attached hydrogens (tertiary/aromatic N) is 2. The van der Waals surface area contributed by atoms with Gasteiger partial charge >= 0.3 is 0 Å². The van der Waals surface area contributed by atoms with E-state index in [2.05, 4.69) is 30.6 Å². The number of rotatable bonds is 8. The molecule has 5 rings (SSSR count). The number of H-pyrrole nitrogens is 2. The van der Waals surface area contributed by atoms with Gasteiger partial charge in [-0.2, -0.15) is 0 Å². The molecule has 2 aromatic carbocycles. The molecule has 2 amide bonds. The Bertz CT molecular complexity index is 1120. The summed E-state index contributed by atoms with van der Waals surface area (Å²) in [5, 5.41) is 5.96. The lowest BCUT2D eigenvalue weighted by atomic mass is 9.79. The van der Waals surface area contributed by atoms with Crippen LogP contribution in [0.5, 0.6) is 0 Å².